The first-order chi connectivity index (χ1) is 13.0. The van der Waals surface area contributed by atoms with E-state index in [1.165, 1.54) is 4.90 Å². The van der Waals surface area contributed by atoms with Gasteiger partial charge in [0, 0.05) is 41.7 Å². The molecule has 2 rings (SSSR count). The van der Waals surface area contributed by atoms with Crippen LogP contribution in [0.3, 0.4) is 0 Å². The van der Waals surface area contributed by atoms with Crippen molar-refractivity contribution in [1.29, 1.82) is 5.26 Å². The largest absolute Gasteiger partial charge is 0.352 e. The number of hydrogen-bond acceptors (Lipinski definition) is 3. The first-order valence-corrected chi connectivity index (χ1v) is 9.20. The highest BCUT2D eigenvalue weighted by Crippen LogP contribution is 2.21. The summed E-state index contributed by atoms with van der Waals surface area (Å²) < 4.78 is 0. The SMILES string of the molecule is N#CCCN(C(=O)CCC(=O)NCc1ccc(Cl)cc1Cl)c1ccccc1. The molecule has 0 atom stereocenters. The second kappa shape index (κ2) is 10.6. The molecule has 0 saturated carbocycles. The van der Waals surface area contributed by atoms with Crippen molar-refractivity contribution in [2.45, 2.75) is 25.8 Å². The van der Waals surface area contributed by atoms with E-state index in [4.69, 9.17) is 28.5 Å². The Kier molecular flexibility index (Phi) is 8.12. The van der Waals surface area contributed by atoms with Crippen molar-refractivity contribution in [2.24, 2.45) is 0 Å². The highest BCUT2D eigenvalue weighted by molar-refractivity contribution is 6.35. The normalized spacial score (nSPS) is 10.1. The molecular weight excluding hydrogens is 385 g/mol. The minimum Gasteiger partial charge on any atom is -0.352 e. The Balaban J connectivity index is 1.88. The van der Waals surface area contributed by atoms with Crippen LogP contribution in [-0.2, 0) is 16.1 Å². The zero-order valence-corrected chi connectivity index (χ0v) is 16.1. The maximum absolute atomic E-state index is 12.5. The van der Waals surface area contributed by atoms with E-state index in [1.54, 1.807) is 30.3 Å². The van der Waals surface area contributed by atoms with Gasteiger partial charge >= 0.3 is 0 Å². The summed E-state index contributed by atoms with van der Waals surface area (Å²) in [5.74, 6) is -0.446. The average Bonchev–Trinajstić information content (AvgIpc) is 2.67. The van der Waals surface area contributed by atoms with Gasteiger partial charge in [0.1, 0.15) is 0 Å². The summed E-state index contributed by atoms with van der Waals surface area (Å²) in [5.41, 5.74) is 1.46. The Morgan fingerprint density at radius 2 is 1.81 bits per heavy atom. The number of nitrogens with one attached hydrogen (secondary N) is 1. The van der Waals surface area contributed by atoms with Gasteiger partial charge in [-0.2, -0.15) is 5.26 Å². The lowest BCUT2D eigenvalue weighted by Gasteiger charge is -2.21. The van der Waals surface area contributed by atoms with Crippen LogP contribution in [0.5, 0.6) is 0 Å². The molecule has 0 unspecified atom stereocenters. The molecule has 7 heteroatoms. The number of hydrogen-bond donors (Lipinski definition) is 1. The van der Waals surface area contributed by atoms with Gasteiger partial charge in [-0.15, -0.1) is 0 Å². The summed E-state index contributed by atoms with van der Waals surface area (Å²) in [6.07, 6.45) is 0.336. The smallest absolute Gasteiger partial charge is 0.227 e. The molecule has 0 aliphatic rings. The number of benzene rings is 2. The molecule has 0 radical (unpaired) electrons. The fourth-order valence-corrected chi connectivity index (χ4v) is 2.95. The van der Waals surface area contributed by atoms with Crippen LogP contribution in [0.4, 0.5) is 5.69 Å². The van der Waals surface area contributed by atoms with Crippen LogP contribution in [0.2, 0.25) is 10.0 Å². The van der Waals surface area contributed by atoms with E-state index >= 15 is 0 Å². The van der Waals surface area contributed by atoms with Gasteiger partial charge in [0.05, 0.1) is 12.5 Å². The summed E-state index contributed by atoms with van der Waals surface area (Å²) in [4.78, 5) is 26.1. The number of rotatable bonds is 8. The van der Waals surface area contributed by atoms with Gasteiger partial charge in [0.15, 0.2) is 0 Å². The molecule has 1 N–H and O–H groups in total. The third kappa shape index (κ3) is 6.59. The molecule has 0 heterocycles. The summed E-state index contributed by atoms with van der Waals surface area (Å²) in [5, 5.41) is 12.6. The Morgan fingerprint density at radius 1 is 1.07 bits per heavy atom. The lowest BCUT2D eigenvalue weighted by atomic mass is 10.2. The molecule has 0 fully saturated rings. The van der Waals surface area contributed by atoms with E-state index < -0.39 is 0 Å². The predicted molar refractivity (Wildman–Crippen MR) is 107 cm³/mol. The second-order valence-electron chi connectivity index (χ2n) is 5.80. The Labute approximate surface area is 168 Å². The van der Waals surface area contributed by atoms with Crippen molar-refractivity contribution in [2.75, 3.05) is 11.4 Å². The van der Waals surface area contributed by atoms with Crippen LogP contribution >= 0.6 is 23.2 Å². The van der Waals surface area contributed by atoms with Crippen molar-refractivity contribution in [3.8, 4) is 6.07 Å². The standard InChI is InChI=1S/C20H19Cl2N3O2/c21-16-8-7-15(18(22)13-16)14-24-19(26)9-10-20(27)25(12-4-11-23)17-5-2-1-3-6-17/h1-3,5-8,13H,4,9-10,12,14H2,(H,24,26). The van der Waals surface area contributed by atoms with Crippen molar-refractivity contribution in [1.82, 2.24) is 5.32 Å². The van der Waals surface area contributed by atoms with E-state index in [9.17, 15) is 9.59 Å². The zero-order chi connectivity index (χ0) is 19.6. The van der Waals surface area contributed by atoms with Gasteiger partial charge in [-0.1, -0.05) is 47.5 Å². The summed E-state index contributed by atoms with van der Waals surface area (Å²) in [6.45, 7) is 0.557. The number of amides is 2. The molecule has 0 aliphatic carbocycles. The monoisotopic (exact) mass is 403 g/mol. The fourth-order valence-electron chi connectivity index (χ4n) is 2.47. The topological polar surface area (TPSA) is 73.2 Å². The number of carbonyl (C=O) groups is 2. The number of nitriles is 1. The van der Waals surface area contributed by atoms with Gasteiger partial charge in [-0.05, 0) is 29.8 Å². The second-order valence-corrected chi connectivity index (χ2v) is 6.65. The molecule has 5 nitrogen and oxygen atoms in total. The van der Waals surface area contributed by atoms with Crippen molar-refractivity contribution >= 4 is 40.7 Å². The highest BCUT2D eigenvalue weighted by atomic mass is 35.5. The molecule has 0 bridgehead atoms. The van der Waals surface area contributed by atoms with Crippen LogP contribution in [0.25, 0.3) is 0 Å². The predicted octanol–water partition coefficient (Wildman–Crippen LogP) is 4.34. The van der Waals surface area contributed by atoms with Crippen LogP contribution in [0, 0.1) is 11.3 Å². The lowest BCUT2D eigenvalue weighted by Crippen LogP contribution is -2.33. The average molecular weight is 404 g/mol. The van der Waals surface area contributed by atoms with Gasteiger partial charge in [0.2, 0.25) is 11.8 Å². The van der Waals surface area contributed by atoms with Crippen LogP contribution in [0.15, 0.2) is 48.5 Å². The third-order valence-electron chi connectivity index (χ3n) is 3.87. The van der Waals surface area contributed by atoms with E-state index in [-0.39, 0.29) is 37.6 Å². The molecule has 0 aliphatic heterocycles. The Morgan fingerprint density at radius 3 is 2.48 bits per heavy atom. The van der Waals surface area contributed by atoms with Crippen LogP contribution < -0.4 is 10.2 Å². The zero-order valence-electron chi connectivity index (χ0n) is 14.6. The molecule has 0 spiro atoms. The van der Waals surface area contributed by atoms with Gasteiger partial charge in [-0.25, -0.2) is 0 Å². The molecule has 0 aromatic heterocycles. The van der Waals surface area contributed by atoms with Crippen molar-refractivity contribution < 1.29 is 9.59 Å². The first-order valence-electron chi connectivity index (χ1n) is 8.44. The maximum Gasteiger partial charge on any atom is 0.227 e. The number of para-hydroxylation sites is 1. The minimum atomic E-state index is -0.248. The first kappa shape index (κ1) is 20.8. The van der Waals surface area contributed by atoms with Gasteiger partial charge < -0.3 is 10.2 Å². The molecular formula is C20H19Cl2N3O2. The quantitative estimate of drug-likeness (QED) is 0.712. The molecule has 2 aromatic carbocycles. The molecule has 27 heavy (non-hydrogen) atoms. The lowest BCUT2D eigenvalue weighted by molar-refractivity contribution is -0.125. The number of carbonyl (C=O) groups excluding carboxylic acids is 2. The van der Waals surface area contributed by atoms with Gasteiger partial charge in [-0.3, -0.25) is 9.59 Å². The van der Waals surface area contributed by atoms with Crippen molar-refractivity contribution in [3.05, 3.63) is 64.1 Å². The summed E-state index contributed by atoms with van der Waals surface area (Å²) in [6, 6.07) is 16.2. The van der Waals surface area contributed by atoms with E-state index in [1.807, 2.05) is 24.3 Å². The minimum absolute atomic E-state index is 0.0555. The number of nitrogens with zero attached hydrogens (tertiary/aromatic N) is 2. The fraction of sp³-hybridized carbons (Fsp3) is 0.250. The van der Waals surface area contributed by atoms with E-state index in [2.05, 4.69) is 5.32 Å². The number of anilines is 1. The molecule has 0 saturated heterocycles. The number of halogens is 2. The molecule has 2 amide bonds. The summed E-state index contributed by atoms with van der Waals surface area (Å²) in [7, 11) is 0. The Bertz CT molecular complexity index is 835. The maximum atomic E-state index is 12.5. The van der Waals surface area contributed by atoms with Crippen LogP contribution in [-0.4, -0.2) is 18.4 Å². The van der Waals surface area contributed by atoms with Crippen LogP contribution in [0.1, 0.15) is 24.8 Å². The van der Waals surface area contributed by atoms with Gasteiger partial charge in [0.25, 0.3) is 0 Å². The molecule has 140 valence electrons. The summed E-state index contributed by atoms with van der Waals surface area (Å²) >= 11 is 11.9. The molecule has 2 aromatic rings. The van der Waals surface area contributed by atoms with E-state index in [0.717, 1.165) is 5.56 Å². The highest BCUT2D eigenvalue weighted by Gasteiger charge is 2.16. The third-order valence-corrected chi connectivity index (χ3v) is 4.46. The van der Waals surface area contributed by atoms with Crippen molar-refractivity contribution in [3.63, 3.8) is 0 Å². The van der Waals surface area contributed by atoms with E-state index in [0.29, 0.717) is 22.3 Å². The Hall–Kier alpha value is -2.55.